The van der Waals surface area contributed by atoms with Gasteiger partial charge in [-0.05, 0) is 24.8 Å². The van der Waals surface area contributed by atoms with Crippen molar-refractivity contribution >= 4 is 0 Å². The van der Waals surface area contributed by atoms with Crippen LogP contribution < -0.4 is 0 Å². The van der Waals surface area contributed by atoms with E-state index in [4.69, 9.17) is 0 Å². The van der Waals surface area contributed by atoms with Gasteiger partial charge in [-0.15, -0.1) is 0 Å². The minimum Gasteiger partial charge on any atom is -0.388 e. The molecule has 2 heteroatoms. The van der Waals surface area contributed by atoms with Crippen LogP contribution in [0.3, 0.4) is 0 Å². The van der Waals surface area contributed by atoms with Gasteiger partial charge in [-0.25, -0.2) is 4.39 Å². The van der Waals surface area contributed by atoms with E-state index in [-0.39, 0.29) is 11.7 Å². The first kappa shape index (κ1) is 8.70. The number of hydrogen-bond donors (Lipinski definition) is 1. The molecule has 70 valence electrons. The van der Waals surface area contributed by atoms with Crippen molar-refractivity contribution < 1.29 is 9.50 Å². The molecule has 0 aliphatic heterocycles. The summed E-state index contributed by atoms with van der Waals surface area (Å²) in [7, 11) is 0. The highest BCUT2D eigenvalue weighted by molar-refractivity contribution is 5.20. The van der Waals surface area contributed by atoms with Crippen LogP contribution in [-0.4, -0.2) is 5.11 Å². The monoisotopic (exact) mass is 180 g/mol. The molecule has 2 rings (SSSR count). The van der Waals surface area contributed by atoms with Crippen LogP contribution in [0.2, 0.25) is 0 Å². The lowest BCUT2D eigenvalue weighted by Gasteiger charge is -2.30. The summed E-state index contributed by atoms with van der Waals surface area (Å²) in [4.78, 5) is 0. The third-order valence-electron chi connectivity index (χ3n) is 2.82. The molecule has 1 aromatic rings. The summed E-state index contributed by atoms with van der Waals surface area (Å²) >= 11 is 0. The average Bonchev–Trinajstić information content (AvgIpc) is 2.01. The van der Waals surface area contributed by atoms with Crippen LogP contribution in [0.25, 0.3) is 0 Å². The molecular formula is C11H13FO. The summed E-state index contributed by atoms with van der Waals surface area (Å²) < 4.78 is 13.2. The first-order valence-electron chi connectivity index (χ1n) is 4.71. The van der Waals surface area contributed by atoms with Crippen molar-refractivity contribution in [1.82, 2.24) is 0 Å². The molecule has 1 atom stereocenters. The second kappa shape index (κ2) is 3.46. The molecule has 0 aromatic heterocycles. The molecule has 0 bridgehead atoms. The van der Waals surface area contributed by atoms with E-state index < -0.39 is 6.10 Å². The Kier molecular flexibility index (Phi) is 2.32. The van der Waals surface area contributed by atoms with Gasteiger partial charge >= 0.3 is 0 Å². The van der Waals surface area contributed by atoms with E-state index in [1.165, 1.54) is 6.07 Å². The standard InChI is InChI=1S/C11H13FO/c12-10-7-2-1-6-9(10)11(13)8-4-3-5-8/h1-2,6-8,11,13H,3-5H2. The fraction of sp³-hybridized carbons (Fsp3) is 0.455. The van der Waals surface area contributed by atoms with Crippen molar-refractivity contribution in [3.8, 4) is 0 Å². The predicted molar refractivity (Wildman–Crippen MR) is 48.7 cm³/mol. The fourth-order valence-corrected chi connectivity index (χ4v) is 1.72. The molecule has 1 aromatic carbocycles. The van der Waals surface area contributed by atoms with Gasteiger partial charge in [0.25, 0.3) is 0 Å². The lowest BCUT2D eigenvalue weighted by Crippen LogP contribution is -2.20. The number of aliphatic hydroxyl groups excluding tert-OH is 1. The summed E-state index contributed by atoms with van der Waals surface area (Å²) in [6, 6.07) is 6.47. The zero-order chi connectivity index (χ0) is 9.26. The topological polar surface area (TPSA) is 20.2 Å². The molecule has 1 aliphatic rings. The first-order valence-corrected chi connectivity index (χ1v) is 4.71. The maximum atomic E-state index is 13.2. The van der Waals surface area contributed by atoms with Gasteiger partial charge < -0.3 is 5.11 Å². The molecule has 0 amide bonds. The van der Waals surface area contributed by atoms with E-state index in [1.54, 1.807) is 18.2 Å². The maximum absolute atomic E-state index is 13.2. The van der Waals surface area contributed by atoms with Crippen molar-refractivity contribution in [3.05, 3.63) is 35.6 Å². The van der Waals surface area contributed by atoms with E-state index >= 15 is 0 Å². The van der Waals surface area contributed by atoms with Gasteiger partial charge in [-0.2, -0.15) is 0 Å². The van der Waals surface area contributed by atoms with Gasteiger partial charge in [0.1, 0.15) is 5.82 Å². The van der Waals surface area contributed by atoms with Crippen molar-refractivity contribution in [2.75, 3.05) is 0 Å². The smallest absolute Gasteiger partial charge is 0.129 e. The van der Waals surface area contributed by atoms with Crippen molar-refractivity contribution in [2.24, 2.45) is 5.92 Å². The van der Waals surface area contributed by atoms with E-state index in [0.717, 1.165) is 19.3 Å². The Labute approximate surface area is 77.2 Å². The zero-order valence-corrected chi connectivity index (χ0v) is 7.41. The van der Waals surface area contributed by atoms with Crippen LogP contribution in [0.1, 0.15) is 30.9 Å². The fourth-order valence-electron chi connectivity index (χ4n) is 1.72. The Morgan fingerprint density at radius 2 is 2.00 bits per heavy atom. The van der Waals surface area contributed by atoms with E-state index in [9.17, 15) is 9.50 Å². The van der Waals surface area contributed by atoms with Crippen LogP contribution in [0.5, 0.6) is 0 Å². The third-order valence-corrected chi connectivity index (χ3v) is 2.82. The highest BCUT2D eigenvalue weighted by Crippen LogP contribution is 2.38. The summed E-state index contributed by atoms with van der Waals surface area (Å²) in [6.45, 7) is 0. The number of halogens is 1. The Morgan fingerprint density at radius 1 is 1.31 bits per heavy atom. The van der Waals surface area contributed by atoms with E-state index in [0.29, 0.717) is 5.56 Å². The largest absolute Gasteiger partial charge is 0.388 e. The summed E-state index contributed by atoms with van der Waals surface area (Å²) in [5.74, 6) is -0.0150. The minimum atomic E-state index is -0.602. The van der Waals surface area contributed by atoms with Crippen molar-refractivity contribution in [2.45, 2.75) is 25.4 Å². The predicted octanol–water partition coefficient (Wildman–Crippen LogP) is 2.66. The zero-order valence-electron chi connectivity index (χ0n) is 7.41. The normalized spacial score (nSPS) is 19.5. The number of aliphatic hydroxyl groups is 1. The van der Waals surface area contributed by atoms with Crippen LogP contribution in [0.4, 0.5) is 4.39 Å². The van der Waals surface area contributed by atoms with Gasteiger partial charge in [-0.3, -0.25) is 0 Å². The molecule has 1 aliphatic carbocycles. The SMILES string of the molecule is OC(c1ccccc1F)C1CCC1. The third kappa shape index (κ3) is 1.59. The summed E-state index contributed by atoms with van der Waals surface area (Å²) in [5.41, 5.74) is 0.451. The van der Waals surface area contributed by atoms with Crippen molar-refractivity contribution in [3.63, 3.8) is 0 Å². The number of benzene rings is 1. The van der Waals surface area contributed by atoms with Gasteiger partial charge in [0, 0.05) is 5.56 Å². The summed E-state index contributed by atoms with van der Waals surface area (Å²) in [6.07, 6.45) is 2.61. The van der Waals surface area contributed by atoms with Crippen LogP contribution >= 0.6 is 0 Å². The Bertz CT molecular complexity index is 294. The number of rotatable bonds is 2. The Balaban J connectivity index is 2.18. The second-order valence-corrected chi connectivity index (χ2v) is 3.66. The molecule has 1 nitrogen and oxygen atoms in total. The molecule has 1 fully saturated rings. The van der Waals surface area contributed by atoms with Gasteiger partial charge in [0.05, 0.1) is 6.10 Å². The number of hydrogen-bond acceptors (Lipinski definition) is 1. The molecule has 0 spiro atoms. The van der Waals surface area contributed by atoms with Crippen molar-refractivity contribution in [1.29, 1.82) is 0 Å². The lowest BCUT2D eigenvalue weighted by atomic mass is 9.79. The highest BCUT2D eigenvalue weighted by atomic mass is 19.1. The molecule has 0 saturated heterocycles. The average molecular weight is 180 g/mol. The van der Waals surface area contributed by atoms with Crippen LogP contribution in [0, 0.1) is 11.7 Å². The molecule has 1 unspecified atom stereocenters. The Morgan fingerprint density at radius 3 is 2.54 bits per heavy atom. The molecular weight excluding hydrogens is 167 g/mol. The second-order valence-electron chi connectivity index (χ2n) is 3.66. The lowest BCUT2D eigenvalue weighted by molar-refractivity contribution is 0.0592. The minimum absolute atomic E-state index is 0.275. The molecule has 0 radical (unpaired) electrons. The highest BCUT2D eigenvalue weighted by Gasteiger charge is 2.28. The van der Waals surface area contributed by atoms with Crippen LogP contribution in [0.15, 0.2) is 24.3 Å². The van der Waals surface area contributed by atoms with E-state index in [2.05, 4.69) is 0 Å². The quantitative estimate of drug-likeness (QED) is 0.741. The maximum Gasteiger partial charge on any atom is 0.129 e. The van der Waals surface area contributed by atoms with Gasteiger partial charge in [-0.1, -0.05) is 24.6 Å². The first-order chi connectivity index (χ1) is 6.29. The Hall–Kier alpha value is -0.890. The molecule has 0 heterocycles. The van der Waals surface area contributed by atoms with Crippen LogP contribution in [-0.2, 0) is 0 Å². The van der Waals surface area contributed by atoms with Gasteiger partial charge in [0.2, 0.25) is 0 Å². The summed E-state index contributed by atoms with van der Waals surface area (Å²) in [5, 5.41) is 9.78. The molecule has 13 heavy (non-hydrogen) atoms. The van der Waals surface area contributed by atoms with E-state index in [1.807, 2.05) is 0 Å². The molecule has 1 N–H and O–H groups in total. The van der Waals surface area contributed by atoms with Gasteiger partial charge in [0.15, 0.2) is 0 Å². The molecule has 1 saturated carbocycles.